The summed E-state index contributed by atoms with van der Waals surface area (Å²) in [5.74, 6) is 0. The molecule has 0 aromatic carbocycles. The number of rotatable bonds is 3. The molecular formula is C12H23NO4. The van der Waals surface area contributed by atoms with Crippen molar-refractivity contribution in [1.29, 1.82) is 0 Å². The van der Waals surface area contributed by atoms with Crippen LogP contribution in [0.15, 0.2) is 0 Å². The lowest BCUT2D eigenvalue weighted by atomic mass is 9.86. The predicted octanol–water partition coefficient (Wildman–Crippen LogP) is 1.74. The zero-order valence-electron chi connectivity index (χ0n) is 11.3. The Morgan fingerprint density at radius 2 is 2.12 bits per heavy atom. The highest BCUT2D eigenvalue weighted by atomic mass is 16.6. The molecule has 1 amide bonds. The van der Waals surface area contributed by atoms with Crippen LogP contribution in [0.25, 0.3) is 0 Å². The lowest BCUT2D eigenvalue weighted by Crippen LogP contribution is -2.67. The van der Waals surface area contributed by atoms with Crippen molar-refractivity contribution in [2.45, 2.75) is 58.5 Å². The van der Waals surface area contributed by atoms with Crippen LogP contribution in [-0.2, 0) is 9.47 Å². The van der Waals surface area contributed by atoms with Crippen molar-refractivity contribution in [1.82, 2.24) is 4.90 Å². The average Bonchev–Trinajstić information content (AvgIpc) is 2.12. The van der Waals surface area contributed by atoms with E-state index in [0.29, 0.717) is 19.6 Å². The first-order chi connectivity index (χ1) is 7.70. The van der Waals surface area contributed by atoms with E-state index in [1.807, 2.05) is 27.7 Å². The van der Waals surface area contributed by atoms with E-state index < -0.39 is 23.5 Å². The van der Waals surface area contributed by atoms with Gasteiger partial charge in [-0.25, -0.2) is 4.79 Å². The molecule has 0 bridgehead atoms. The van der Waals surface area contributed by atoms with Gasteiger partial charge in [0, 0.05) is 13.2 Å². The summed E-state index contributed by atoms with van der Waals surface area (Å²) in [6.07, 6.45) is -0.647. The zero-order valence-corrected chi connectivity index (χ0v) is 11.3. The fourth-order valence-electron chi connectivity index (χ4n) is 1.79. The van der Waals surface area contributed by atoms with Crippen LogP contribution in [0.5, 0.6) is 0 Å². The summed E-state index contributed by atoms with van der Waals surface area (Å²) in [6.45, 7) is 10.1. The lowest BCUT2D eigenvalue weighted by Gasteiger charge is -2.51. The molecule has 1 aliphatic heterocycles. The van der Waals surface area contributed by atoms with Crippen LogP contribution < -0.4 is 0 Å². The van der Waals surface area contributed by atoms with E-state index in [-0.39, 0.29) is 0 Å². The minimum Gasteiger partial charge on any atom is -0.444 e. The zero-order chi connectivity index (χ0) is 13.3. The number of hydrogen-bond donors (Lipinski definition) is 1. The number of nitrogens with zero attached hydrogens (tertiary/aromatic N) is 1. The molecule has 0 saturated carbocycles. The molecule has 1 rings (SSSR count). The van der Waals surface area contributed by atoms with E-state index in [9.17, 15) is 9.90 Å². The summed E-state index contributed by atoms with van der Waals surface area (Å²) in [5, 5.41) is 9.87. The first kappa shape index (κ1) is 14.3. The molecule has 5 nitrogen and oxygen atoms in total. The van der Waals surface area contributed by atoms with Gasteiger partial charge in [0.15, 0.2) is 6.29 Å². The fraction of sp³-hybridized carbons (Fsp3) is 0.917. The number of carbonyl (C=O) groups is 1. The van der Waals surface area contributed by atoms with Crippen LogP contribution in [0.1, 0.15) is 41.0 Å². The number of amides is 1. The van der Waals surface area contributed by atoms with Gasteiger partial charge in [-0.3, -0.25) is 4.90 Å². The van der Waals surface area contributed by atoms with Gasteiger partial charge in [-0.15, -0.1) is 0 Å². The van der Waals surface area contributed by atoms with Crippen molar-refractivity contribution < 1.29 is 19.4 Å². The number of hydrogen-bond acceptors (Lipinski definition) is 4. The molecule has 17 heavy (non-hydrogen) atoms. The molecular weight excluding hydrogens is 222 g/mol. The van der Waals surface area contributed by atoms with Crippen LogP contribution in [-0.4, -0.2) is 46.7 Å². The Bertz CT molecular complexity index is 287. The maximum atomic E-state index is 11.9. The number of likely N-dealkylation sites (tertiary alicyclic amines) is 1. The highest BCUT2D eigenvalue weighted by Crippen LogP contribution is 2.35. The molecule has 2 atom stereocenters. The summed E-state index contributed by atoms with van der Waals surface area (Å²) in [5.41, 5.74) is -1.19. The van der Waals surface area contributed by atoms with Gasteiger partial charge in [0.05, 0.1) is 5.54 Å². The molecule has 0 aliphatic carbocycles. The second-order valence-electron chi connectivity index (χ2n) is 5.55. The van der Waals surface area contributed by atoms with E-state index in [0.717, 1.165) is 0 Å². The Balaban J connectivity index is 2.64. The van der Waals surface area contributed by atoms with E-state index in [1.54, 1.807) is 6.92 Å². The summed E-state index contributed by atoms with van der Waals surface area (Å²) < 4.78 is 10.5. The molecule has 1 heterocycles. The van der Waals surface area contributed by atoms with Crippen LogP contribution >= 0.6 is 0 Å². The summed E-state index contributed by atoms with van der Waals surface area (Å²) in [7, 11) is 0. The van der Waals surface area contributed by atoms with Crippen molar-refractivity contribution in [2.24, 2.45) is 0 Å². The smallest absolute Gasteiger partial charge is 0.410 e. The van der Waals surface area contributed by atoms with Crippen LogP contribution in [0.2, 0.25) is 0 Å². The Morgan fingerprint density at radius 3 is 2.47 bits per heavy atom. The quantitative estimate of drug-likeness (QED) is 0.769. The third kappa shape index (κ3) is 3.10. The van der Waals surface area contributed by atoms with Gasteiger partial charge in [0.25, 0.3) is 0 Å². The van der Waals surface area contributed by atoms with Gasteiger partial charge in [0.1, 0.15) is 5.60 Å². The average molecular weight is 245 g/mol. The van der Waals surface area contributed by atoms with Gasteiger partial charge >= 0.3 is 6.09 Å². The topological polar surface area (TPSA) is 59.0 Å². The van der Waals surface area contributed by atoms with E-state index >= 15 is 0 Å². The Morgan fingerprint density at radius 1 is 1.53 bits per heavy atom. The molecule has 1 saturated heterocycles. The molecule has 0 aromatic heterocycles. The van der Waals surface area contributed by atoms with E-state index in [4.69, 9.17) is 9.47 Å². The van der Waals surface area contributed by atoms with E-state index in [2.05, 4.69) is 0 Å². The third-order valence-electron chi connectivity index (χ3n) is 2.93. The van der Waals surface area contributed by atoms with Crippen LogP contribution in [0.3, 0.4) is 0 Å². The normalized spacial score (nSPS) is 26.4. The number of aliphatic hydroxyl groups excluding tert-OH is 1. The second kappa shape index (κ2) is 4.82. The predicted molar refractivity (Wildman–Crippen MR) is 63.6 cm³/mol. The maximum Gasteiger partial charge on any atom is 0.410 e. The fourth-order valence-corrected chi connectivity index (χ4v) is 1.79. The van der Waals surface area contributed by atoms with Gasteiger partial charge in [-0.2, -0.15) is 0 Å². The van der Waals surface area contributed by atoms with E-state index in [1.165, 1.54) is 4.90 Å². The largest absolute Gasteiger partial charge is 0.444 e. The molecule has 0 radical (unpaired) electrons. The number of aliphatic hydroxyl groups is 1. The molecule has 0 spiro atoms. The highest BCUT2D eigenvalue weighted by Gasteiger charge is 2.50. The Labute approximate surface area is 103 Å². The number of carbonyl (C=O) groups excluding carboxylic acids is 1. The summed E-state index contributed by atoms with van der Waals surface area (Å²) in [4.78, 5) is 13.4. The van der Waals surface area contributed by atoms with Gasteiger partial charge in [0.2, 0.25) is 0 Å². The Kier molecular flexibility index (Phi) is 4.04. The molecule has 1 aliphatic rings. The summed E-state index contributed by atoms with van der Waals surface area (Å²) in [6, 6.07) is 0. The Hall–Kier alpha value is -0.810. The standard InChI is InChI=1S/C12H23NO4/c1-6-16-9(14)12(5)7-8-13(12)10(15)17-11(2,3)4/h9,14H,6-8H2,1-5H3. The van der Waals surface area contributed by atoms with Crippen LogP contribution in [0, 0.1) is 0 Å². The van der Waals surface area contributed by atoms with Crippen molar-refractivity contribution in [2.75, 3.05) is 13.2 Å². The first-order valence-corrected chi connectivity index (χ1v) is 6.01. The maximum absolute atomic E-state index is 11.9. The summed E-state index contributed by atoms with van der Waals surface area (Å²) >= 11 is 0. The minimum atomic E-state index is -0.964. The molecule has 0 aromatic rings. The third-order valence-corrected chi connectivity index (χ3v) is 2.93. The van der Waals surface area contributed by atoms with Crippen molar-refractivity contribution >= 4 is 6.09 Å². The van der Waals surface area contributed by atoms with Gasteiger partial charge in [-0.05, 0) is 41.0 Å². The highest BCUT2D eigenvalue weighted by molar-refractivity contribution is 5.70. The second-order valence-corrected chi connectivity index (χ2v) is 5.55. The number of ether oxygens (including phenoxy) is 2. The molecule has 2 unspecified atom stereocenters. The molecule has 100 valence electrons. The monoisotopic (exact) mass is 245 g/mol. The van der Waals surface area contributed by atoms with Crippen molar-refractivity contribution in [3.8, 4) is 0 Å². The van der Waals surface area contributed by atoms with Crippen LogP contribution in [0.4, 0.5) is 4.79 Å². The lowest BCUT2D eigenvalue weighted by molar-refractivity contribution is -0.205. The minimum absolute atomic E-state index is 0.398. The first-order valence-electron chi connectivity index (χ1n) is 6.01. The van der Waals surface area contributed by atoms with Gasteiger partial charge in [-0.1, -0.05) is 0 Å². The van der Waals surface area contributed by atoms with Crippen molar-refractivity contribution in [3.63, 3.8) is 0 Å². The molecule has 1 N–H and O–H groups in total. The van der Waals surface area contributed by atoms with Crippen molar-refractivity contribution in [3.05, 3.63) is 0 Å². The van der Waals surface area contributed by atoms with Gasteiger partial charge < -0.3 is 14.6 Å². The molecule has 5 heteroatoms. The molecule has 1 fully saturated rings. The SMILES string of the molecule is CCOC(O)C1(C)CCN1C(=O)OC(C)(C)C.